The Kier molecular flexibility index (Phi) is 7.99. The first-order valence-electron chi connectivity index (χ1n) is 11.7. The van der Waals surface area contributed by atoms with Crippen LogP contribution in [0, 0.1) is 6.92 Å². The number of pyridine rings is 1. The third kappa shape index (κ3) is 5.49. The Balaban J connectivity index is 1.48. The standard InChI is InChI=1S/C25H32Cl2N6O/c1-16-4-5-21(26)23(24(16)27)17(2)34-22-12-18(13-30-25(22)29)19-14-31-33(15-19)20-6-10-32(11-7-20)9-3-8-28/h4-5,12-15,17,20H,3,6-11,28H2,1-2H3,(H2,29,30). The fraction of sp³-hybridized carbons (Fsp3) is 0.440. The number of ether oxygens (including phenoxy) is 1. The summed E-state index contributed by atoms with van der Waals surface area (Å²) in [5.41, 5.74) is 15.3. The average Bonchev–Trinajstić information content (AvgIpc) is 3.32. The van der Waals surface area contributed by atoms with Gasteiger partial charge in [-0.05, 0) is 63.9 Å². The molecule has 4 N–H and O–H groups in total. The second-order valence-electron chi connectivity index (χ2n) is 8.88. The van der Waals surface area contributed by atoms with Crippen LogP contribution >= 0.6 is 23.2 Å². The van der Waals surface area contributed by atoms with Gasteiger partial charge in [-0.25, -0.2) is 4.98 Å². The van der Waals surface area contributed by atoms with E-state index in [1.54, 1.807) is 6.20 Å². The van der Waals surface area contributed by atoms with Gasteiger partial charge in [0.2, 0.25) is 0 Å². The molecule has 0 amide bonds. The summed E-state index contributed by atoms with van der Waals surface area (Å²) in [4.78, 5) is 6.84. The summed E-state index contributed by atoms with van der Waals surface area (Å²) in [7, 11) is 0. The number of nitrogens with zero attached hydrogens (tertiary/aromatic N) is 4. The molecule has 0 saturated carbocycles. The van der Waals surface area contributed by atoms with Crippen molar-refractivity contribution in [3.05, 3.63) is 58.0 Å². The van der Waals surface area contributed by atoms with Crippen molar-refractivity contribution in [2.24, 2.45) is 5.73 Å². The van der Waals surface area contributed by atoms with Crippen LogP contribution in [0.15, 0.2) is 36.8 Å². The van der Waals surface area contributed by atoms with Crippen LogP contribution < -0.4 is 16.2 Å². The molecule has 7 nitrogen and oxygen atoms in total. The van der Waals surface area contributed by atoms with E-state index in [9.17, 15) is 0 Å². The quantitative estimate of drug-likeness (QED) is 0.435. The number of benzene rings is 1. The minimum Gasteiger partial charge on any atom is -0.482 e. The molecule has 1 fully saturated rings. The smallest absolute Gasteiger partial charge is 0.166 e. The summed E-state index contributed by atoms with van der Waals surface area (Å²) in [6.07, 6.45) is 8.50. The number of rotatable bonds is 8. The summed E-state index contributed by atoms with van der Waals surface area (Å²) in [5.74, 6) is 0.798. The summed E-state index contributed by atoms with van der Waals surface area (Å²) in [6.45, 7) is 7.80. The van der Waals surface area contributed by atoms with Crippen LogP contribution in [0.3, 0.4) is 0 Å². The van der Waals surface area contributed by atoms with Gasteiger partial charge in [0.15, 0.2) is 11.6 Å². The van der Waals surface area contributed by atoms with E-state index in [1.165, 1.54) is 0 Å². The van der Waals surface area contributed by atoms with Crippen LogP contribution in [-0.2, 0) is 0 Å². The number of piperidine rings is 1. The van der Waals surface area contributed by atoms with Gasteiger partial charge < -0.3 is 21.1 Å². The molecule has 182 valence electrons. The van der Waals surface area contributed by atoms with E-state index < -0.39 is 6.10 Å². The monoisotopic (exact) mass is 502 g/mol. The lowest BCUT2D eigenvalue weighted by Crippen LogP contribution is -2.36. The predicted molar refractivity (Wildman–Crippen MR) is 138 cm³/mol. The van der Waals surface area contributed by atoms with E-state index in [1.807, 2.05) is 38.2 Å². The van der Waals surface area contributed by atoms with E-state index in [-0.39, 0.29) is 0 Å². The van der Waals surface area contributed by atoms with E-state index in [2.05, 4.69) is 25.9 Å². The third-order valence-electron chi connectivity index (χ3n) is 6.46. The maximum absolute atomic E-state index is 6.51. The van der Waals surface area contributed by atoms with Crippen LogP contribution in [0.5, 0.6) is 5.75 Å². The Labute approximate surface area is 211 Å². The van der Waals surface area contributed by atoms with Crippen molar-refractivity contribution in [1.82, 2.24) is 19.7 Å². The zero-order valence-electron chi connectivity index (χ0n) is 19.7. The van der Waals surface area contributed by atoms with E-state index in [0.717, 1.165) is 67.7 Å². The molecule has 9 heteroatoms. The van der Waals surface area contributed by atoms with Gasteiger partial charge in [0, 0.05) is 47.2 Å². The molecular weight excluding hydrogens is 471 g/mol. The normalized spacial score (nSPS) is 16.0. The molecule has 1 aliphatic heterocycles. The molecule has 2 aromatic heterocycles. The molecule has 34 heavy (non-hydrogen) atoms. The first-order chi connectivity index (χ1) is 16.4. The van der Waals surface area contributed by atoms with Crippen molar-refractivity contribution in [3.63, 3.8) is 0 Å². The first-order valence-corrected chi connectivity index (χ1v) is 12.5. The number of hydrogen-bond acceptors (Lipinski definition) is 6. The highest BCUT2D eigenvalue weighted by molar-refractivity contribution is 6.36. The number of hydrogen-bond donors (Lipinski definition) is 2. The zero-order chi connectivity index (χ0) is 24.2. The van der Waals surface area contributed by atoms with E-state index >= 15 is 0 Å². The molecule has 1 saturated heterocycles. The van der Waals surface area contributed by atoms with Crippen LogP contribution in [0.4, 0.5) is 5.82 Å². The highest BCUT2D eigenvalue weighted by Gasteiger charge is 2.22. The van der Waals surface area contributed by atoms with Crippen molar-refractivity contribution in [2.75, 3.05) is 31.9 Å². The molecule has 1 atom stereocenters. The molecule has 0 radical (unpaired) electrons. The second kappa shape index (κ2) is 11.0. The third-order valence-corrected chi connectivity index (χ3v) is 7.29. The molecule has 0 aliphatic carbocycles. The van der Waals surface area contributed by atoms with E-state index in [0.29, 0.717) is 27.7 Å². The number of halogens is 2. The predicted octanol–water partition coefficient (Wildman–Crippen LogP) is 5.27. The largest absolute Gasteiger partial charge is 0.482 e. The van der Waals surface area contributed by atoms with Gasteiger partial charge >= 0.3 is 0 Å². The number of nitrogen functional groups attached to an aromatic ring is 1. The highest BCUT2D eigenvalue weighted by atomic mass is 35.5. The van der Waals surface area contributed by atoms with Crippen molar-refractivity contribution < 1.29 is 4.74 Å². The highest BCUT2D eigenvalue weighted by Crippen LogP contribution is 2.37. The van der Waals surface area contributed by atoms with E-state index in [4.69, 9.17) is 39.4 Å². The summed E-state index contributed by atoms with van der Waals surface area (Å²) in [6, 6.07) is 6.00. The van der Waals surface area contributed by atoms with Crippen LogP contribution in [-0.4, -0.2) is 45.8 Å². The number of aryl methyl sites for hydroxylation is 1. The van der Waals surface area contributed by atoms with Gasteiger partial charge in [-0.3, -0.25) is 4.68 Å². The Morgan fingerprint density at radius 3 is 2.68 bits per heavy atom. The SMILES string of the molecule is Cc1ccc(Cl)c(C(C)Oc2cc(-c3cnn(C4CCN(CCCN)CC4)c3)cnc2N)c1Cl. The topological polar surface area (TPSA) is 95.2 Å². The summed E-state index contributed by atoms with van der Waals surface area (Å²) in [5, 5.41) is 5.79. The lowest BCUT2D eigenvalue weighted by Gasteiger charge is -2.31. The second-order valence-corrected chi connectivity index (χ2v) is 9.67. The lowest BCUT2D eigenvalue weighted by molar-refractivity contribution is 0.179. The lowest BCUT2D eigenvalue weighted by atomic mass is 10.0. The number of likely N-dealkylation sites (tertiary alicyclic amines) is 1. The van der Waals surface area contributed by atoms with Gasteiger partial charge in [0.25, 0.3) is 0 Å². The minimum absolute atomic E-state index is 0.313. The Morgan fingerprint density at radius 1 is 1.18 bits per heavy atom. The molecule has 0 spiro atoms. The molecule has 4 rings (SSSR count). The van der Waals surface area contributed by atoms with Crippen LogP contribution in [0.25, 0.3) is 11.1 Å². The maximum atomic E-state index is 6.51. The number of nitrogens with two attached hydrogens (primary N) is 2. The van der Waals surface area contributed by atoms with Gasteiger partial charge in [-0.15, -0.1) is 0 Å². The minimum atomic E-state index is -0.397. The van der Waals surface area contributed by atoms with Crippen LogP contribution in [0.2, 0.25) is 10.0 Å². The molecule has 3 heterocycles. The number of anilines is 1. The van der Waals surface area contributed by atoms with Crippen molar-refractivity contribution >= 4 is 29.0 Å². The Hall–Kier alpha value is -2.32. The molecule has 1 aliphatic rings. The molecule has 0 bridgehead atoms. The van der Waals surface area contributed by atoms with Crippen molar-refractivity contribution in [1.29, 1.82) is 0 Å². The van der Waals surface area contributed by atoms with Crippen LogP contribution in [0.1, 0.15) is 49.5 Å². The average molecular weight is 503 g/mol. The van der Waals surface area contributed by atoms with Crippen molar-refractivity contribution in [3.8, 4) is 16.9 Å². The Bertz CT molecular complexity index is 1130. The van der Waals surface area contributed by atoms with Gasteiger partial charge in [-0.2, -0.15) is 5.10 Å². The zero-order valence-corrected chi connectivity index (χ0v) is 21.2. The fourth-order valence-corrected chi connectivity index (χ4v) is 5.09. The summed E-state index contributed by atoms with van der Waals surface area (Å²) < 4.78 is 8.25. The molecule has 1 aromatic carbocycles. The van der Waals surface area contributed by atoms with Gasteiger partial charge in [0.1, 0.15) is 6.10 Å². The van der Waals surface area contributed by atoms with Gasteiger partial charge in [-0.1, -0.05) is 29.3 Å². The van der Waals surface area contributed by atoms with Crippen molar-refractivity contribution in [2.45, 2.75) is 45.3 Å². The molecule has 3 aromatic rings. The Morgan fingerprint density at radius 2 is 1.94 bits per heavy atom. The molecular formula is C25H32Cl2N6O. The maximum Gasteiger partial charge on any atom is 0.166 e. The first kappa shape index (κ1) is 24.8. The number of aromatic nitrogens is 3. The van der Waals surface area contributed by atoms with Gasteiger partial charge in [0.05, 0.1) is 17.3 Å². The fourth-order valence-electron chi connectivity index (χ4n) is 4.42. The summed E-state index contributed by atoms with van der Waals surface area (Å²) >= 11 is 12.9. The molecule has 1 unspecified atom stereocenters.